The van der Waals surface area contributed by atoms with Crippen molar-refractivity contribution in [2.45, 2.75) is 26.3 Å². The number of hydrogen-bond donors (Lipinski definition) is 1. The van der Waals surface area contributed by atoms with Crippen LogP contribution in [0.3, 0.4) is 0 Å². The lowest BCUT2D eigenvalue weighted by Crippen LogP contribution is -2.36. The molecule has 0 aliphatic carbocycles. The number of aromatic nitrogens is 2. The molecule has 0 spiro atoms. The minimum absolute atomic E-state index is 0.284. The first-order chi connectivity index (χ1) is 7.29. The van der Waals surface area contributed by atoms with E-state index >= 15 is 0 Å². The Kier molecular flexibility index (Phi) is 3.33. The molecule has 1 aromatic rings. The van der Waals surface area contributed by atoms with Crippen LogP contribution in [-0.2, 0) is 6.54 Å². The third-order valence-corrected chi connectivity index (χ3v) is 2.98. The average molecular weight is 211 g/mol. The van der Waals surface area contributed by atoms with Gasteiger partial charge in [0.2, 0.25) is 0 Å². The van der Waals surface area contributed by atoms with E-state index in [1.165, 1.54) is 0 Å². The monoisotopic (exact) mass is 211 g/mol. The number of piperidine rings is 1. The molecule has 0 radical (unpaired) electrons. The summed E-state index contributed by atoms with van der Waals surface area (Å²) < 4.78 is 4.66. The summed E-state index contributed by atoms with van der Waals surface area (Å²) in [5, 5.41) is 16.7. The van der Waals surface area contributed by atoms with E-state index in [1.807, 2.05) is 6.92 Å². The van der Waals surface area contributed by atoms with Gasteiger partial charge in [-0.15, -0.1) is 0 Å². The van der Waals surface area contributed by atoms with Gasteiger partial charge in [0.25, 0.3) is 0 Å². The van der Waals surface area contributed by atoms with Crippen LogP contribution in [0.15, 0.2) is 4.63 Å². The minimum atomic E-state index is 0.284. The predicted molar refractivity (Wildman–Crippen MR) is 54.1 cm³/mol. The highest BCUT2D eigenvalue weighted by atomic mass is 16.6. The van der Waals surface area contributed by atoms with Gasteiger partial charge in [0.15, 0.2) is 0 Å². The highest BCUT2D eigenvalue weighted by molar-refractivity contribution is 5.04. The SMILES string of the molecule is Cc1nonc1CN1CCCC(CO)C1. The van der Waals surface area contributed by atoms with E-state index < -0.39 is 0 Å². The lowest BCUT2D eigenvalue weighted by molar-refractivity contribution is 0.114. The van der Waals surface area contributed by atoms with Gasteiger partial charge in [-0.05, 0) is 32.2 Å². The third-order valence-electron chi connectivity index (χ3n) is 2.98. The molecule has 0 saturated carbocycles. The largest absolute Gasteiger partial charge is 0.396 e. The fourth-order valence-corrected chi connectivity index (χ4v) is 2.05. The van der Waals surface area contributed by atoms with Crippen molar-refractivity contribution in [3.05, 3.63) is 11.4 Å². The maximum Gasteiger partial charge on any atom is 0.122 e. The van der Waals surface area contributed by atoms with Gasteiger partial charge in [-0.2, -0.15) is 0 Å². The normalized spacial score (nSPS) is 23.2. The van der Waals surface area contributed by atoms with Gasteiger partial charge in [0.1, 0.15) is 11.4 Å². The summed E-state index contributed by atoms with van der Waals surface area (Å²) in [7, 11) is 0. The molecular formula is C10H17N3O2. The summed E-state index contributed by atoms with van der Waals surface area (Å²) in [6.45, 7) is 4.99. The summed E-state index contributed by atoms with van der Waals surface area (Å²) in [5.41, 5.74) is 1.77. The summed E-state index contributed by atoms with van der Waals surface area (Å²) in [5.74, 6) is 0.416. The van der Waals surface area contributed by atoms with E-state index in [9.17, 15) is 0 Å². The zero-order valence-corrected chi connectivity index (χ0v) is 9.02. The first-order valence-corrected chi connectivity index (χ1v) is 5.41. The second-order valence-electron chi connectivity index (χ2n) is 4.22. The van der Waals surface area contributed by atoms with Crippen molar-refractivity contribution in [1.82, 2.24) is 15.2 Å². The molecule has 0 aromatic carbocycles. The quantitative estimate of drug-likeness (QED) is 0.792. The molecule has 1 saturated heterocycles. The van der Waals surface area contributed by atoms with Crippen LogP contribution >= 0.6 is 0 Å². The highest BCUT2D eigenvalue weighted by Gasteiger charge is 2.20. The Balaban J connectivity index is 1.92. The molecule has 0 bridgehead atoms. The molecule has 1 aromatic heterocycles. The Labute approximate surface area is 89.0 Å². The molecule has 5 nitrogen and oxygen atoms in total. The van der Waals surface area contributed by atoms with Crippen molar-refractivity contribution in [2.24, 2.45) is 5.92 Å². The van der Waals surface area contributed by atoms with E-state index in [4.69, 9.17) is 5.11 Å². The van der Waals surface area contributed by atoms with Crippen LogP contribution in [0.4, 0.5) is 0 Å². The zero-order valence-electron chi connectivity index (χ0n) is 9.02. The Morgan fingerprint density at radius 1 is 1.53 bits per heavy atom. The van der Waals surface area contributed by atoms with Crippen molar-refractivity contribution in [3.63, 3.8) is 0 Å². The van der Waals surface area contributed by atoms with Gasteiger partial charge in [-0.3, -0.25) is 4.90 Å². The molecule has 1 atom stereocenters. The summed E-state index contributed by atoms with van der Waals surface area (Å²) in [6, 6.07) is 0. The number of likely N-dealkylation sites (tertiary alicyclic amines) is 1. The first kappa shape index (κ1) is 10.6. The van der Waals surface area contributed by atoms with Crippen LogP contribution in [0.1, 0.15) is 24.2 Å². The number of aryl methyl sites for hydroxylation is 1. The smallest absolute Gasteiger partial charge is 0.122 e. The Morgan fingerprint density at radius 3 is 3.07 bits per heavy atom. The molecular weight excluding hydrogens is 194 g/mol. The fourth-order valence-electron chi connectivity index (χ4n) is 2.05. The topological polar surface area (TPSA) is 62.4 Å². The summed E-state index contributed by atoms with van der Waals surface area (Å²) in [4.78, 5) is 2.30. The summed E-state index contributed by atoms with van der Waals surface area (Å²) in [6.07, 6.45) is 2.28. The van der Waals surface area contributed by atoms with Gasteiger partial charge in [0, 0.05) is 19.7 Å². The highest BCUT2D eigenvalue weighted by Crippen LogP contribution is 2.17. The maximum atomic E-state index is 9.12. The number of rotatable bonds is 3. The van der Waals surface area contributed by atoms with Crippen molar-refractivity contribution in [3.8, 4) is 0 Å². The second-order valence-corrected chi connectivity index (χ2v) is 4.22. The van der Waals surface area contributed by atoms with Crippen LogP contribution in [-0.4, -0.2) is 40.0 Å². The number of aliphatic hydroxyl groups is 1. The van der Waals surface area contributed by atoms with Gasteiger partial charge >= 0.3 is 0 Å². The van der Waals surface area contributed by atoms with Gasteiger partial charge in [0.05, 0.1) is 0 Å². The Morgan fingerprint density at radius 2 is 2.40 bits per heavy atom. The standard InChI is InChI=1S/C10H17N3O2/c1-8-10(12-15-11-8)6-13-4-2-3-9(5-13)7-14/h9,14H,2-7H2,1H3. The van der Waals surface area contributed by atoms with Crippen molar-refractivity contribution in [2.75, 3.05) is 19.7 Å². The minimum Gasteiger partial charge on any atom is -0.396 e. The van der Waals surface area contributed by atoms with E-state index in [2.05, 4.69) is 19.8 Å². The lowest BCUT2D eigenvalue weighted by atomic mass is 9.99. The Hall–Kier alpha value is -0.940. The van der Waals surface area contributed by atoms with E-state index in [1.54, 1.807) is 0 Å². The molecule has 1 fully saturated rings. The zero-order chi connectivity index (χ0) is 10.7. The molecule has 1 unspecified atom stereocenters. The van der Waals surface area contributed by atoms with E-state index in [-0.39, 0.29) is 6.61 Å². The molecule has 0 amide bonds. The van der Waals surface area contributed by atoms with Gasteiger partial charge in [-0.25, -0.2) is 4.63 Å². The van der Waals surface area contributed by atoms with Gasteiger partial charge in [-0.1, -0.05) is 10.3 Å². The maximum absolute atomic E-state index is 9.12. The van der Waals surface area contributed by atoms with E-state index in [0.717, 1.165) is 43.9 Å². The molecule has 84 valence electrons. The lowest BCUT2D eigenvalue weighted by Gasteiger charge is -2.30. The van der Waals surface area contributed by atoms with Crippen LogP contribution < -0.4 is 0 Å². The van der Waals surface area contributed by atoms with E-state index in [0.29, 0.717) is 5.92 Å². The van der Waals surface area contributed by atoms with Crippen molar-refractivity contribution >= 4 is 0 Å². The molecule has 2 heterocycles. The Bertz CT molecular complexity index is 313. The van der Waals surface area contributed by atoms with Crippen LogP contribution in [0.25, 0.3) is 0 Å². The van der Waals surface area contributed by atoms with Crippen molar-refractivity contribution < 1.29 is 9.74 Å². The molecule has 1 aliphatic rings. The second kappa shape index (κ2) is 4.72. The summed E-state index contributed by atoms with van der Waals surface area (Å²) >= 11 is 0. The predicted octanol–water partition coefficient (Wildman–Crippen LogP) is 0.582. The molecule has 5 heteroatoms. The average Bonchev–Trinajstić information content (AvgIpc) is 2.65. The third kappa shape index (κ3) is 2.54. The van der Waals surface area contributed by atoms with Gasteiger partial charge < -0.3 is 5.11 Å². The number of aliphatic hydroxyl groups excluding tert-OH is 1. The number of nitrogens with zero attached hydrogens (tertiary/aromatic N) is 3. The fraction of sp³-hybridized carbons (Fsp3) is 0.800. The van der Waals surface area contributed by atoms with Crippen LogP contribution in [0, 0.1) is 12.8 Å². The molecule has 2 rings (SSSR count). The first-order valence-electron chi connectivity index (χ1n) is 5.41. The molecule has 1 aliphatic heterocycles. The number of hydrogen-bond acceptors (Lipinski definition) is 5. The molecule has 1 N–H and O–H groups in total. The van der Waals surface area contributed by atoms with Crippen LogP contribution in [0.2, 0.25) is 0 Å². The molecule has 15 heavy (non-hydrogen) atoms. The van der Waals surface area contributed by atoms with Crippen molar-refractivity contribution in [1.29, 1.82) is 0 Å². The van der Waals surface area contributed by atoms with Crippen LogP contribution in [0.5, 0.6) is 0 Å².